The number of hydrogen-bond donors (Lipinski definition) is 0. The molecule has 0 aliphatic heterocycles. The minimum absolute atomic E-state index is 0.00283. The van der Waals surface area contributed by atoms with Gasteiger partial charge in [-0.05, 0) is 95.0 Å². The highest BCUT2D eigenvalue weighted by atomic mass is 16.3. The molecule has 0 amide bonds. The van der Waals surface area contributed by atoms with E-state index in [0.717, 1.165) is 0 Å². The Morgan fingerprint density at radius 3 is 1.53 bits per heavy atom. The van der Waals surface area contributed by atoms with Crippen LogP contribution in [0, 0.1) is 0 Å². The van der Waals surface area contributed by atoms with Crippen molar-refractivity contribution in [1.82, 2.24) is 0 Å². The molecule has 228 valence electrons. The molecule has 0 saturated carbocycles. The van der Waals surface area contributed by atoms with Crippen molar-refractivity contribution in [2.75, 3.05) is 0 Å². The first-order chi connectivity index (χ1) is 31.8. The molecule has 0 radical (unpaired) electrons. The summed E-state index contributed by atoms with van der Waals surface area (Å²) >= 11 is 0. The monoisotopic (exact) mass is 640 g/mol. The van der Waals surface area contributed by atoms with Crippen LogP contribution in [-0.2, 0) is 0 Å². The number of fused-ring (bicyclic) bond motifs is 6. The van der Waals surface area contributed by atoms with E-state index in [-0.39, 0.29) is 90.3 Å². The van der Waals surface area contributed by atoms with Crippen LogP contribution in [0.25, 0.3) is 98.8 Å². The van der Waals surface area contributed by atoms with Crippen LogP contribution in [0.2, 0.25) is 0 Å². The van der Waals surface area contributed by atoms with Crippen molar-refractivity contribution < 1.29 is 29.1 Å². The van der Waals surface area contributed by atoms with E-state index in [1.165, 1.54) is 24.3 Å². The average Bonchev–Trinajstić information content (AvgIpc) is 3.73. The maximum absolute atomic E-state index is 9.48. The van der Waals surface area contributed by atoms with E-state index in [9.17, 15) is 8.22 Å². The molecule has 0 N–H and O–H groups in total. The van der Waals surface area contributed by atoms with Crippen molar-refractivity contribution >= 4 is 54.3 Å². The fraction of sp³-hybridized carbons (Fsp3) is 0. The van der Waals surface area contributed by atoms with Crippen molar-refractivity contribution in [3.8, 4) is 44.5 Å². The molecular weight excluding hydrogens is 593 g/mol. The lowest BCUT2D eigenvalue weighted by Crippen LogP contribution is -1.91. The second-order valence-electron chi connectivity index (χ2n) is 11.4. The van der Waals surface area contributed by atoms with E-state index < -0.39 is 84.6 Å². The van der Waals surface area contributed by atoms with Gasteiger partial charge in [0, 0.05) is 10.8 Å². The lowest BCUT2D eigenvalue weighted by molar-refractivity contribution is 0.669. The van der Waals surface area contributed by atoms with Crippen molar-refractivity contribution in [3.05, 3.63) is 182 Å². The Labute approximate surface area is 309 Å². The zero-order valence-electron chi connectivity index (χ0n) is 43.3. The number of furan rings is 1. The molecule has 1 heteroatoms. The summed E-state index contributed by atoms with van der Waals surface area (Å²) in [4.78, 5) is 0. The van der Waals surface area contributed by atoms with Crippen LogP contribution in [0.5, 0.6) is 0 Å². The molecule has 9 aromatic carbocycles. The maximum atomic E-state index is 9.48. The molecule has 0 fully saturated rings. The van der Waals surface area contributed by atoms with Crippen LogP contribution in [-0.4, -0.2) is 0 Å². The van der Waals surface area contributed by atoms with Gasteiger partial charge in [0.05, 0.1) is 24.7 Å². The minimum Gasteiger partial charge on any atom is -0.456 e. The normalized spacial score (nSPS) is 16.8. The third-order valence-corrected chi connectivity index (χ3v) is 8.72. The van der Waals surface area contributed by atoms with Crippen LogP contribution >= 0.6 is 0 Å². The molecule has 0 unspecified atom stereocenters. The number of rotatable bonds is 4. The van der Waals surface area contributed by atoms with E-state index in [1.54, 1.807) is 48.5 Å². The Bertz CT molecular complexity index is 3780. The molecular formula is C48H30O. The Morgan fingerprint density at radius 2 is 0.898 bits per heavy atom. The molecule has 0 atom stereocenters. The number of benzene rings is 9. The molecule has 0 aliphatic carbocycles. The van der Waals surface area contributed by atoms with Gasteiger partial charge in [-0.1, -0.05) is 163 Å². The molecule has 1 aromatic heterocycles. The van der Waals surface area contributed by atoms with Crippen LogP contribution < -0.4 is 0 Å². The summed E-state index contributed by atoms with van der Waals surface area (Å²) in [5.41, 5.74) is 0.607. The van der Waals surface area contributed by atoms with Crippen LogP contribution in [0.15, 0.2) is 186 Å². The lowest BCUT2D eigenvalue weighted by Gasteiger charge is -2.18. The Balaban J connectivity index is 1.26. The summed E-state index contributed by atoms with van der Waals surface area (Å²) in [5.74, 6) is 0. The van der Waals surface area contributed by atoms with Crippen LogP contribution in [0.4, 0.5) is 0 Å². The summed E-state index contributed by atoms with van der Waals surface area (Å²) in [6.07, 6.45) is 0. The first-order valence-electron chi connectivity index (χ1n) is 24.4. The summed E-state index contributed by atoms with van der Waals surface area (Å²) < 4.78 is 165. The highest BCUT2D eigenvalue weighted by molar-refractivity contribution is 6.26. The van der Waals surface area contributed by atoms with Gasteiger partial charge in [-0.25, -0.2) is 0 Å². The highest BCUT2D eigenvalue weighted by Crippen LogP contribution is 2.47. The third-order valence-electron chi connectivity index (χ3n) is 8.72. The summed E-state index contributed by atoms with van der Waals surface area (Å²) in [6, 6.07) is 11.1. The molecule has 0 saturated heterocycles. The Kier molecular flexibility index (Phi) is 3.43. The van der Waals surface area contributed by atoms with E-state index >= 15 is 0 Å². The van der Waals surface area contributed by atoms with Gasteiger partial charge < -0.3 is 4.42 Å². The third kappa shape index (κ3) is 4.47. The van der Waals surface area contributed by atoms with Gasteiger partial charge in [0.25, 0.3) is 0 Å². The Morgan fingerprint density at radius 1 is 0.367 bits per heavy atom. The quantitative estimate of drug-likeness (QED) is 0.174. The molecule has 1 nitrogen and oxygen atoms in total. The number of hydrogen-bond acceptors (Lipinski definition) is 1. The summed E-state index contributed by atoms with van der Waals surface area (Å²) in [6.45, 7) is 0. The van der Waals surface area contributed by atoms with Gasteiger partial charge in [-0.2, -0.15) is 0 Å². The van der Waals surface area contributed by atoms with E-state index in [4.69, 9.17) is 20.9 Å². The molecule has 0 aliphatic rings. The van der Waals surface area contributed by atoms with Crippen molar-refractivity contribution in [3.63, 3.8) is 0 Å². The van der Waals surface area contributed by atoms with Gasteiger partial charge in [-0.15, -0.1) is 0 Å². The van der Waals surface area contributed by atoms with Crippen LogP contribution in [0.3, 0.4) is 0 Å². The molecule has 10 aromatic rings. The fourth-order valence-electron chi connectivity index (χ4n) is 6.55. The maximum Gasteiger partial charge on any atom is 0.136 e. The average molecular weight is 641 g/mol. The molecule has 49 heavy (non-hydrogen) atoms. The summed E-state index contributed by atoms with van der Waals surface area (Å²) in [7, 11) is 0. The van der Waals surface area contributed by atoms with Gasteiger partial charge in [0.15, 0.2) is 0 Å². The fourth-order valence-corrected chi connectivity index (χ4v) is 6.55. The highest BCUT2D eigenvalue weighted by Gasteiger charge is 2.20. The largest absolute Gasteiger partial charge is 0.456 e. The van der Waals surface area contributed by atoms with E-state index in [0.29, 0.717) is 32.7 Å². The minimum atomic E-state index is -0.617. The van der Waals surface area contributed by atoms with Gasteiger partial charge in [-0.3, -0.25) is 0 Å². The van der Waals surface area contributed by atoms with Crippen molar-refractivity contribution in [2.24, 2.45) is 0 Å². The first-order valence-corrected chi connectivity index (χ1v) is 15.4. The second kappa shape index (κ2) is 11.1. The smallest absolute Gasteiger partial charge is 0.136 e. The van der Waals surface area contributed by atoms with Crippen LogP contribution in [0.1, 0.15) is 24.7 Å². The second-order valence-corrected chi connectivity index (χ2v) is 11.4. The lowest BCUT2D eigenvalue weighted by atomic mass is 9.84. The van der Waals surface area contributed by atoms with Crippen molar-refractivity contribution in [1.29, 1.82) is 0 Å². The van der Waals surface area contributed by atoms with Gasteiger partial charge in [0.2, 0.25) is 0 Å². The SMILES string of the molecule is [2H]c1c([2H])c([2H])c(-c2ccc(-c3c([2H])c([2H])c(-c4c5ccccc5c(-c5c([2H])c([2H])c([2H])c6oc7c([2H])c8c([2H])c([2H])c([2H])c([2H])c8c([2H])c7c56)c5ccccc45)c([2H])c3[2H])cc2)c([2H])c1[2H]. The van der Waals surface area contributed by atoms with Crippen molar-refractivity contribution in [2.45, 2.75) is 0 Å². The predicted octanol–water partition coefficient (Wildman–Crippen LogP) is 13.7. The summed E-state index contributed by atoms with van der Waals surface area (Å²) in [5, 5.41) is 1.06. The van der Waals surface area contributed by atoms with E-state index in [1.807, 2.05) is 0 Å². The van der Waals surface area contributed by atoms with Gasteiger partial charge >= 0.3 is 0 Å². The molecule has 1 heterocycles. The zero-order valence-corrected chi connectivity index (χ0v) is 25.3. The molecule has 0 bridgehead atoms. The molecule has 0 spiro atoms. The van der Waals surface area contributed by atoms with E-state index in [2.05, 4.69) is 0 Å². The zero-order chi connectivity index (χ0) is 48.0. The standard InChI is InChI=1S/C48H30O/c1-2-11-31(12-3-1)32-21-23-33(24-22-32)34-25-27-35(28-26-34)46-38-15-6-8-17-40(38)47(41-18-9-7-16-39(41)46)42-19-10-20-44-48(42)43-29-36-13-4-5-14-37(36)30-45(43)49-44/h1-30H/i1D,2D,3D,4D,5D,10D,11D,12D,13D,14D,19D,20D,25D,26D,27D,28D,29D,30D. The predicted molar refractivity (Wildman–Crippen MR) is 208 cm³/mol. The molecule has 10 rings (SSSR count). The topological polar surface area (TPSA) is 13.1 Å². The first kappa shape index (κ1) is 15.2. The van der Waals surface area contributed by atoms with Gasteiger partial charge in [0.1, 0.15) is 11.2 Å². The Hall–Kier alpha value is -6.44.